The third-order valence-corrected chi connectivity index (χ3v) is 2.97. The van der Waals surface area contributed by atoms with Crippen LogP contribution in [0.15, 0.2) is 0 Å². The maximum atomic E-state index is 12.0. The van der Waals surface area contributed by atoms with Crippen molar-refractivity contribution >= 4 is 24.2 Å². The van der Waals surface area contributed by atoms with Crippen molar-refractivity contribution in [1.82, 2.24) is 15.5 Å². The molecule has 0 radical (unpaired) electrons. The molecule has 92 valence electrons. The molecule has 2 heterocycles. The lowest BCUT2D eigenvalue weighted by Gasteiger charge is -2.33. The third kappa shape index (κ3) is 2.86. The maximum absolute atomic E-state index is 12.0. The van der Waals surface area contributed by atoms with Gasteiger partial charge in [-0.05, 0) is 13.3 Å². The molecule has 0 aromatic rings. The minimum absolute atomic E-state index is 0. The molecular formula is C10H18ClN3O2. The summed E-state index contributed by atoms with van der Waals surface area (Å²) in [5, 5.41) is 6.00. The summed E-state index contributed by atoms with van der Waals surface area (Å²) >= 11 is 0. The van der Waals surface area contributed by atoms with Crippen molar-refractivity contribution in [2.24, 2.45) is 0 Å². The number of nitrogens with zero attached hydrogens (tertiary/aromatic N) is 1. The molecule has 2 fully saturated rings. The number of hydrogen-bond donors (Lipinski definition) is 2. The molecule has 2 amide bonds. The molecule has 2 atom stereocenters. The van der Waals surface area contributed by atoms with Crippen molar-refractivity contribution in [3.63, 3.8) is 0 Å². The van der Waals surface area contributed by atoms with E-state index in [9.17, 15) is 9.59 Å². The fraction of sp³-hybridized carbons (Fsp3) is 0.800. The van der Waals surface area contributed by atoms with Crippen LogP contribution in [0.5, 0.6) is 0 Å². The van der Waals surface area contributed by atoms with Crippen LogP contribution in [-0.2, 0) is 9.59 Å². The van der Waals surface area contributed by atoms with Gasteiger partial charge in [0.15, 0.2) is 0 Å². The van der Waals surface area contributed by atoms with E-state index in [0.29, 0.717) is 18.9 Å². The molecule has 0 spiro atoms. The number of amides is 2. The monoisotopic (exact) mass is 247 g/mol. The molecule has 0 saturated carbocycles. The Hall–Kier alpha value is -0.810. The topological polar surface area (TPSA) is 61.4 Å². The fourth-order valence-electron chi connectivity index (χ4n) is 2.15. The number of carbonyl (C=O) groups is 2. The van der Waals surface area contributed by atoms with Gasteiger partial charge >= 0.3 is 0 Å². The SMILES string of the molecule is CC1CN(C(=O)[C@@H]2CCC(=O)N2)CCN1.Cl. The maximum Gasteiger partial charge on any atom is 0.245 e. The number of piperazine rings is 1. The molecule has 0 aromatic carbocycles. The van der Waals surface area contributed by atoms with Gasteiger partial charge in [-0.2, -0.15) is 0 Å². The Balaban J connectivity index is 0.00000128. The van der Waals surface area contributed by atoms with E-state index in [1.807, 2.05) is 4.90 Å². The van der Waals surface area contributed by atoms with Crippen molar-refractivity contribution in [2.75, 3.05) is 19.6 Å². The first-order valence-corrected chi connectivity index (χ1v) is 5.48. The first-order valence-electron chi connectivity index (χ1n) is 5.48. The zero-order chi connectivity index (χ0) is 10.8. The lowest BCUT2D eigenvalue weighted by atomic mass is 10.1. The molecule has 16 heavy (non-hydrogen) atoms. The summed E-state index contributed by atoms with van der Waals surface area (Å²) in [7, 11) is 0. The predicted octanol–water partition coefficient (Wildman–Crippen LogP) is -0.493. The number of halogens is 1. The Morgan fingerprint density at radius 3 is 2.81 bits per heavy atom. The molecule has 1 unspecified atom stereocenters. The molecule has 2 saturated heterocycles. The summed E-state index contributed by atoms with van der Waals surface area (Å²) in [6.07, 6.45) is 1.13. The van der Waals surface area contributed by atoms with E-state index in [4.69, 9.17) is 0 Å². The molecule has 2 rings (SSSR count). The van der Waals surface area contributed by atoms with E-state index < -0.39 is 0 Å². The van der Waals surface area contributed by atoms with Gasteiger partial charge in [-0.15, -0.1) is 12.4 Å². The van der Waals surface area contributed by atoms with E-state index in [1.54, 1.807) is 0 Å². The first-order chi connectivity index (χ1) is 7.16. The average Bonchev–Trinajstić information content (AvgIpc) is 2.64. The second-order valence-electron chi connectivity index (χ2n) is 4.30. The Labute approximate surface area is 101 Å². The van der Waals surface area contributed by atoms with Crippen molar-refractivity contribution in [2.45, 2.75) is 31.8 Å². The number of rotatable bonds is 1. The lowest BCUT2D eigenvalue weighted by Crippen LogP contribution is -2.55. The van der Waals surface area contributed by atoms with E-state index >= 15 is 0 Å². The van der Waals surface area contributed by atoms with Gasteiger partial charge < -0.3 is 15.5 Å². The van der Waals surface area contributed by atoms with Gasteiger partial charge in [-0.1, -0.05) is 0 Å². The van der Waals surface area contributed by atoms with Crippen LogP contribution < -0.4 is 10.6 Å². The lowest BCUT2D eigenvalue weighted by molar-refractivity contribution is -0.135. The van der Waals surface area contributed by atoms with Crippen LogP contribution in [-0.4, -0.2) is 48.4 Å². The average molecular weight is 248 g/mol. The summed E-state index contributed by atoms with van der Waals surface area (Å²) in [5.74, 6) is 0.0748. The van der Waals surface area contributed by atoms with Gasteiger partial charge in [0.05, 0.1) is 0 Å². The third-order valence-electron chi connectivity index (χ3n) is 2.97. The Morgan fingerprint density at radius 1 is 1.50 bits per heavy atom. The van der Waals surface area contributed by atoms with Crippen molar-refractivity contribution in [1.29, 1.82) is 0 Å². The second-order valence-corrected chi connectivity index (χ2v) is 4.30. The Bertz CT molecular complexity index is 285. The molecule has 6 heteroatoms. The van der Waals surface area contributed by atoms with E-state index in [0.717, 1.165) is 19.6 Å². The summed E-state index contributed by atoms with van der Waals surface area (Å²) in [5.41, 5.74) is 0. The van der Waals surface area contributed by atoms with Gasteiger partial charge in [0.1, 0.15) is 6.04 Å². The van der Waals surface area contributed by atoms with Crippen LogP contribution in [0.1, 0.15) is 19.8 Å². The standard InChI is InChI=1S/C10H17N3O2.ClH/c1-7-6-13(5-4-11-7)10(15)8-2-3-9(14)12-8;/h7-8,11H,2-6H2,1H3,(H,12,14);1H/t7?,8-;/m0./s1. The number of hydrogen-bond acceptors (Lipinski definition) is 3. The molecule has 2 N–H and O–H groups in total. The van der Waals surface area contributed by atoms with E-state index in [-0.39, 0.29) is 30.3 Å². The summed E-state index contributed by atoms with van der Waals surface area (Å²) in [4.78, 5) is 24.8. The molecule has 0 aromatic heterocycles. The van der Waals surface area contributed by atoms with Gasteiger partial charge in [0.2, 0.25) is 11.8 Å². The molecule has 0 bridgehead atoms. The first kappa shape index (κ1) is 13.3. The van der Waals surface area contributed by atoms with Crippen LogP contribution >= 0.6 is 12.4 Å². The highest BCUT2D eigenvalue weighted by Gasteiger charge is 2.32. The summed E-state index contributed by atoms with van der Waals surface area (Å²) in [6, 6.07) is 0.0719. The second kappa shape index (κ2) is 5.50. The predicted molar refractivity (Wildman–Crippen MR) is 62.5 cm³/mol. The van der Waals surface area contributed by atoms with E-state index in [2.05, 4.69) is 17.6 Å². The minimum Gasteiger partial charge on any atom is -0.344 e. The largest absolute Gasteiger partial charge is 0.344 e. The fourth-order valence-corrected chi connectivity index (χ4v) is 2.15. The molecule has 2 aliphatic rings. The Kier molecular flexibility index (Phi) is 4.56. The quantitative estimate of drug-likeness (QED) is 0.657. The van der Waals surface area contributed by atoms with Gasteiger partial charge in [-0.3, -0.25) is 9.59 Å². The van der Waals surface area contributed by atoms with Crippen LogP contribution in [0.25, 0.3) is 0 Å². The van der Waals surface area contributed by atoms with Gasteiger partial charge in [-0.25, -0.2) is 0 Å². The van der Waals surface area contributed by atoms with Crippen LogP contribution in [0.4, 0.5) is 0 Å². The van der Waals surface area contributed by atoms with Crippen LogP contribution in [0, 0.1) is 0 Å². The summed E-state index contributed by atoms with van der Waals surface area (Å²) < 4.78 is 0. The highest BCUT2D eigenvalue weighted by atomic mass is 35.5. The normalized spacial score (nSPS) is 29.6. The molecule has 0 aliphatic carbocycles. The highest BCUT2D eigenvalue weighted by Crippen LogP contribution is 2.11. The van der Waals surface area contributed by atoms with Crippen LogP contribution in [0.3, 0.4) is 0 Å². The number of carbonyl (C=O) groups excluding carboxylic acids is 2. The highest BCUT2D eigenvalue weighted by molar-refractivity contribution is 5.90. The van der Waals surface area contributed by atoms with Crippen molar-refractivity contribution in [3.05, 3.63) is 0 Å². The zero-order valence-corrected chi connectivity index (χ0v) is 10.2. The zero-order valence-electron chi connectivity index (χ0n) is 9.36. The summed E-state index contributed by atoms with van der Waals surface area (Å²) in [6.45, 7) is 4.39. The molecule has 2 aliphatic heterocycles. The molecular weight excluding hydrogens is 230 g/mol. The molecule has 5 nitrogen and oxygen atoms in total. The van der Waals surface area contributed by atoms with Gasteiger partial charge in [0.25, 0.3) is 0 Å². The van der Waals surface area contributed by atoms with Crippen LogP contribution in [0.2, 0.25) is 0 Å². The number of nitrogens with one attached hydrogen (secondary N) is 2. The van der Waals surface area contributed by atoms with Crippen molar-refractivity contribution in [3.8, 4) is 0 Å². The Morgan fingerprint density at radius 2 is 2.25 bits per heavy atom. The van der Waals surface area contributed by atoms with E-state index in [1.165, 1.54) is 0 Å². The van der Waals surface area contributed by atoms with Crippen molar-refractivity contribution < 1.29 is 9.59 Å². The minimum atomic E-state index is -0.275. The van der Waals surface area contributed by atoms with Gasteiger partial charge in [0, 0.05) is 32.1 Å². The smallest absolute Gasteiger partial charge is 0.245 e.